The molecule has 0 radical (unpaired) electrons. The average Bonchev–Trinajstić information content (AvgIpc) is 2.32. The van der Waals surface area contributed by atoms with Gasteiger partial charge in [-0.05, 0) is 27.0 Å². The van der Waals surface area contributed by atoms with Crippen molar-refractivity contribution in [1.82, 2.24) is 15.3 Å². The zero-order chi connectivity index (χ0) is 15.2. The maximum Gasteiger partial charge on any atom is 0.407 e. The second kappa shape index (κ2) is 7.18. The number of ether oxygens (including phenoxy) is 1. The van der Waals surface area contributed by atoms with E-state index >= 15 is 0 Å². The lowest BCUT2D eigenvalue weighted by molar-refractivity contribution is 0.0530. The van der Waals surface area contributed by atoms with Crippen molar-refractivity contribution in [3.63, 3.8) is 0 Å². The summed E-state index contributed by atoms with van der Waals surface area (Å²) in [5.41, 5.74) is 5.17. The van der Waals surface area contributed by atoms with Gasteiger partial charge in [-0.3, -0.25) is 0 Å². The molecule has 1 rings (SSSR count). The molecule has 112 valence electrons. The van der Waals surface area contributed by atoms with Crippen molar-refractivity contribution in [2.24, 2.45) is 0 Å². The smallest absolute Gasteiger partial charge is 0.407 e. The lowest BCUT2D eigenvalue weighted by atomic mass is 10.2. The largest absolute Gasteiger partial charge is 0.444 e. The topological polar surface area (TPSA) is 102 Å². The van der Waals surface area contributed by atoms with Crippen LogP contribution in [0.5, 0.6) is 0 Å². The van der Waals surface area contributed by atoms with Gasteiger partial charge in [-0.15, -0.1) is 0 Å². The first-order valence-electron chi connectivity index (χ1n) is 6.19. The normalized spacial score (nSPS) is 11.0. The maximum absolute atomic E-state index is 11.4. The minimum Gasteiger partial charge on any atom is -0.444 e. The Hall–Kier alpha value is -1.70. The molecule has 8 heteroatoms. The number of amides is 1. The molecule has 0 aliphatic rings. The number of hydrogen-bond donors (Lipinski definition) is 3. The van der Waals surface area contributed by atoms with Gasteiger partial charge in [0.2, 0.25) is 0 Å². The van der Waals surface area contributed by atoms with Crippen LogP contribution >= 0.6 is 11.8 Å². The molecule has 0 spiro atoms. The van der Waals surface area contributed by atoms with Crippen LogP contribution in [0.2, 0.25) is 0 Å². The Morgan fingerprint density at radius 1 is 1.40 bits per heavy atom. The highest BCUT2D eigenvalue weighted by Crippen LogP contribution is 2.14. The predicted octanol–water partition coefficient (Wildman–Crippen LogP) is 1.72. The van der Waals surface area contributed by atoms with Crippen molar-refractivity contribution in [2.45, 2.75) is 31.5 Å². The minimum atomic E-state index is -0.494. The molecule has 0 fully saturated rings. The molecule has 1 amide bonds. The summed E-state index contributed by atoms with van der Waals surface area (Å²) in [7, 11) is 0. The van der Waals surface area contributed by atoms with Gasteiger partial charge in [0.15, 0.2) is 5.16 Å². The molecular formula is C12H21N5O2S. The molecule has 0 atom stereocenters. The van der Waals surface area contributed by atoms with Crippen molar-refractivity contribution >= 4 is 29.5 Å². The van der Waals surface area contributed by atoms with E-state index < -0.39 is 11.7 Å². The van der Waals surface area contributed by atoms with E-state index in [1.54, 1.807) is 6.07 Å². The van der Waals surface area contributed by atoms with E-state index in [-0.39, 0.29) is 0 Å². The number of nitrogens with one attached hydrogen (secondary N) is 2. The van der Waals surface area contributed by atoms with E-state index in [1.807, 2.05) is 27.0 Å². The average molecular weight is 299 g/mol. The maximum atomic E-state index is 11.4. The van der Waals surface area contributed by atoms with Crippen LogP contribution in [0.3, 0.4) is 0 Å². The molecule has 7 nitrogen and oxygen atoms in total. The van der Waals surface area contributed by atoms with Gasteiger partial charge in [-0.1, -0.05) is 11.8 Å². The van der Waals surface area contributed by atoms with Crippen molar-refractivity contribution in [3.8, 4) is 0 Å². The molecule has 4 N–H and O–H groups in total. The highest BCUT2D eigenvalue weighted by atomic mass is 32.2. The fourth-order valence-electron chi connectivity index (χ4n) is 1.29. The number of anilines is 2. The number of nitrogens with zero attached hydrogens (tertiary/aromatic N) is 2. The summed E-state index contributed by atoms with van der Waals surface area (Å²) >= 11 is 1.42. The van der Waals surface area contributed by atoms with Crippen LogP contribution in [-0.4, -0.2) is 41.0 Å². The van der Waals surface area contributed by atoms with Gasteiger partial charge in [0, 0.05) is 19.2 Å². The number of alkyl carbamates (subject to hydrolysis) is 1. The third-order valence-corrected chi connectivity index (χ3v) is 2.56. The van der Waals surface area contributed by atoms with Crippen LogP contribution in [0.4, 0.5) is 16.4 Å². The molecule has 1 aromatic rings. The number of nitrogen functional groups attached to an aromatic ring is 1. The Labute approximate surface area is 123 Å². The summed E-state index contributed by atoms with van der Waals surface area (Å²) in [6.07, 6.45) is 1.44. The highest BCUT2D eigenvalue weighted by Gasteiger charge is 2.15. The van der Waals surface area contributed by atoms with Crippen LogP contribution in [0, 0.1) is 0 Å². The molecule has 0 aliphatic carbocycles. The number of rotatable bonds is 5. The van der Waals surface area contributed by atoms with Crippen molar-refractivity contribution < 1.29 is 9.53 Å². The standard InChI is InChI=1S/C12H21N5O2S/c1-12(2,3)19-11(18)15-6-5-14-9-7-8(13)16-10(17-9)20-4/h7H,5-6H2,1-4H3,(H,15,18)(H3,13,14,16,17). The van der Waals surface area contributed by atoms with Gasteiger partial charge in [-0.25, -0.2) is 14.8 Å². The SMILES string of the molecule is CSc1nc(N)cc(NCCNC(=O)OC(C)(C)C)n1. The lowest BCUT2D eigenvalue weighted by Gasteiger charge is -2.19. The molecule has 0 unspecified atom stereocenters. The number of nitrogens with two attached hydrogens (primary N) is 1. The van der Waals surface area contributed by atoms with E-state index in [4.69, 9.17) is 10.5 Å². The van der Waals surface area contributed by atoms with E-state index in [2.05, 4.69) is 20.6 Å². The molecule has 0 saturated carbocycles. The van der Waals surface area contributed by atoms with Gasteiger partial charge in [0.25, 0.3) is 0 Å². The van der Waals surface area contributed by atoms with Gasteiger partial charge >= 0.3 is 6.09 Å². The van der Waals surface area contributed by atoms with Gasteiger partial charge in [-0.2, -0.15) is 0 Å². The Bertz CT molecular complexity index is 462. The second-order valence-corrected chi connectivity index (χ2v) is 5.79. The van der Waals surface area contributed by atoms with Crippen molar-refractivity contribution in [1.29, 1.82) is 0 Å². The second-order valence-electron chi connectivity index (χ2n) is 5.02. The predicted molar refractivity (Wildman–Crippen MR) is 81.0 cm³/mol. The summed E-state index contributed by atoms with van der Waals surface area (Å²) in [6.45, 7) is 6.40. The van der Waals surface area contributed by atoms with E-state index in [9.17, 15) is 4.79 Å². The Morgan fingerprint density at radius 3 is 2.70 bits per heavy atom. The summed E-state index contributed by atoms with van der Waals surface area (Å²) in [5, 5.41) is 6.32. The molecule has 20 heavy (non-hydrogen) atoms. The fourth-order valence-corrected chi connectivity index (χ4v) is 1.68. The first-order valence-corrected chi connectivity index (χ1v) is 7.42. The van der Waals surface area contributed by atoms with Gasteiger partial charge in [0.1, 0.15) is 17.2 Å². The summed E-state index contributed by atoms with van der Waals surface area (Å²) in [4.78, 5) is 19.7. The molecule has 0 aliphatic heterocycles. The highest BCUT2D eigenvalue weighted by molar-refractivity contribution is 7.98. The monoisotopic (exact) mass is 299 g/mol. The number of aromatic nitrogens is 2. The molecular weight excluding hydrogens is 278 g/mol. The van der Waals surface area contributed by atoms with E-state index in [0.717, 1.165) is 0 Å². The number of carbonyl (C=O) groups excluding carboxylic acids is 1. The lowest BCUT2D eigenvalue weighted by Crippen LogP contribution is -2.35. The minimum absolute atomic E-state index is 0.409. The molecule has 0 saturated heterocycles. The molecule has 1 heterocycles. The van der Waals surface area contributed by atoms with E-state index in [1.165, 1.54) is 11.8 Å². The molecule has 1 aromatic heterocycles. The summed E-state index contributed by atoms with van der Waals surface area (Å²) < 4.78 is 5.12. The number of hydrogen-bond acceptors (Lipinski definition) is 7. The van der Waals surface area contributed by atoms with Crippen molar-refractivity contribution in [3.05, 3.63) is 6.07 Å². The molecule has 0 aromatic carbocycles. The number of carbonyl (C=O) groups is 1. The third kappa shape index (κ3) is 6.46. The zero-order valence-corrected chi connectivity index (χ0v) is 13.0. The number of thioether (sulfide) groups is 1. The van der Waals surface area contributed by atoms with Gasteiger partial charge in [0.05, 0.1) is 0 Å². The summed E-state index contributed by atoms with van der Waals surface area (Å²) in [6, 6.07) is 1.65. The van der Waals surface area contributed by atoms with Crippen LogP contribution in [0.1, 0.15) is 20.8 Å². The van der Waals surface area contributed by atoms with Crippen LogP contribution < -0.4 is 16.4 Å². The zero-order valence-electron chi connectivity index (χ0n) is 12.2. The summed E-state index contributed by atoms with van der Waals surface area (Å²) in [5.74, 6) is 1.04. The Morgan fingerprint density at radius 2 is 2.10 bits per heavy atom. The van der Waals surface area contributed by atoms with Crippen LogP contribution in [0.15, 0.2) is 11.2 Å². The Balaban J connectivity index is 2.34. The van der Waals surface area contributed by atoms with Crippen LogP contribution in [0.25, 0.3) is 0 Å². The Kier molecular flexibility index (Phi) is 5.87. The van der Waals surface area contributed by atoms with Gasteiger partial charge < -0.3 is 21.1 Å². The van der Waals surface area contributed by atoms with Crippen molar-refractivity contribution in [2.75, 3.05) is 30.4 Å². The fraction of sp³-hybridized carbons (Fsp3) is 0.583. The third-order valence-electron chi connectivity index (χ3n) is 2.01. The quantitative estimate of drug-likeness (QED) is 0.432. The first kappa shape index (κ1) is 16.4. The van der Waals surface area contributed by atoms with E-state index in [0.29, 0.717) is 29.9 Å². The first-order chi connectivity index (χ1) is 9.30. The molecule has 0 bridgehead atoms. The van der Waals surface area contributed by atoms with Crippen LogP contribution in [-0.2, 0) is 4.74 Å².